The Morgan fingerprint density at radius 3 is 2.44 bits per heavy atom. The minimum absolute atomic E-state index is 0.121. The first-order chi connectivity index (χ1) is 12.1. The molecule has 0 spiro atoms. The summed E-state index contributed by atoms with van der Waals surface area (Å²) < 4.78 is 10.1. The molecule has 0 N–H and O–H groups in total. The van der Waals surface area contributed by atoms with Gasteiger partial charge >= 0.3 is 11.9 Å². The number of benzene rings is 2. The van der Waals surface area contributed by atoms with Crippen LogP contribution in [0.1, 0.15) is 32.0 Å². The lowest BCUT2D eigenvalue weighted by molar-refractivity contribution is 0.0473. The van der Waals surface area contributed by atoms with Crippen LogP contribution in [0, 0.1) is 6.92 Å². The van der Waals surface area contributed by atoms with Crippen LogP contribution in [0.4, 0.5) is 0 Å². The molecule has 0 saturated heterocycles. The molecule has 2 aromatic carbocycles. The van der Waals surface area contributed by atoms with E-state index < -0.39 is 11.9 Å². The van der Waals surface area contributed by atoms with E-state index in [0.29, 0.717) is 11.1 Å². The number of hydrogen-bond donors (Lipinski definition) is 0. The Bertz CT molecular complexity index is 932. The molecule has 1 heterocycles. The van der Waals surface area contributed by atoms with Crippen molar-refractivity contribution in [2.75, 3.05) is 7.11 Å². The molecule has 0 unspecified atom stereocenters. The molecule has 3 rings (SSSR count). The van der Waals surface area contributed by atoms with Gasteiger partial charge in [0.25, 0.3) is 0 Å². The standard InChI is InChI=1S/C20H17NO4/c1-13-11-17(16-5-3-4-6-18(16)21-13)20(23)25-12-14-7-9-15(10-8-14)19(22)24-2/h3-11H,12H2,1-2H3. The molecule has 5 heteroatoms. The van der Waals surface area contributed by atoms with Crippen molar-refractivity contribution in [3.05, 3.63) is 77.0 Å². The van der Waals surface area contributed by atoms with E-state index in [1.54, 1.807) is 30.3 Å². The second-order valence-corrected chi connectivity index (χ2v) is 5.59. The van der Waals surface area contributed by atoms with Gasteiger partial charge in [-0.15, -0.1) is 0 Å². The molecule has 0 amide bonds. The highest BCUT2D eigenvalue weighted by atomic mass is 16.5. The highest BCUT2D eigenvalue weighted by Crippen LogP contribution is 2.19. The Balaban J connectivity index is 1.76. The van der Waals surface area contributed by atoms with Crippen LogP contribution in [0.25, 0.3) is 10.9 Å². The van der Waals surface area contributed by atoms with Gasteiger partial charge in [-0.05, 0) is 36.8 Å². The third kappa shape index (κ3) is 3.66. The Morgan fingerprint density at radius 2 is 1.72 bits per heavy atom. The summed E-state index contributed by atoms with van der Waals surface area (Å²) in [6.07, 6.45) is 0. The molecule has 1 aromatic heterocycles. The molecule has 0 aliphatic rings. The third-order valence-electron chi connectivity index (χ3n) is 3.81. The van der Waals surface area contributed by atoms with Crippen molar-refractivity contribution >= 4 is 22.8 Å². The van der Waals surface area contributed by atoms with Gasteiger partial charge in [0.1, 0.15) is 6.61 Å². The monoisotopic (exact) mass is 335 g/mol. The fourth-order valence-electron chi connectivity index (χ4n) is 2.56. The van der Waals surface area contributed by atoms with E-state index >= 15 is 0 Å². The smallest absolute Gasteiger partial charge is 0.339 e. The SMILES string of the molecule is COC(=O)c1ccc(COC(=O)c2cc(C)nc3ccccc23)cc1. The molecule has 0 saturated carbocycles. The largest absolute Gasteiger partial charge is 0.465 e. The number of rotatable bonds is 4. The first kappa shape index (κ1) is 16.6. The van der Waals surface area contributed by atoms with E-state index in [1.165, 1.54) is 7.11 Å². The molecule has 0 atom stereocenters. The van der Waals surface area contributed by atoms with E-state index in [2.05, 4.69) is 9.72 Å². The number of aromatic nitrogens is 1. The van der Waals surface area contributed by atoms with Crippen LogP contribution >= 0.6 is 0 Å². The maximum absolute atomic E-state index is 12.5. The number of esters is 2. The van der Waals surface area contributed by atoms with Gasteiger partial charge in [0.2, 0.25) is 0 Å². The lowest BCUT2D eigenvalue weighted by Gasteiger charge is -2.09. The highest BCUT2D eigenvalue weighted by molar-refractivity contribution is 6.03. The van der Waals surface area contributed by atoms with Crippen molar-refractivity contribution in [2.45, 2.75) is 13.5 Å². The predicted octanol–water partition coefficient (Wildman–Crippen LogP) is 3.69. The molecule has 5 nitrogen and oxygen atoms in total. The second-order valence-electron chi connectivity index (χ2n) is 5.59. The number of aryl methyl sites for hydroxylation is 1. The van der Waals surface area contributed by atoms with Gasteiger partial charge in [0.05, 0.1) is 23.8 Å². The van der Waals surface area contributed by atoms with E-state index in [0.717, 1.165) is 22.2 Å². The van der Waals surface area contributed by atoms with Crippen molar-refractivity contribution < 1.29 is 19.1 Å². The zero-order valence-electron chi connectivity index (χ0n) is 14.0. The topological polar surface area (TPSA) is 65.5 Å². The molecule has 0 aliphatic carbocycles. The van der Waals surface area contributed by atoms with Gasteiger partial charge in [-0.2, -0.15) is 0 Å². The zero-order chi connectivity index (χ0) is 17.8. The van der Waals surface area contributed by atoms with Gasteiger partial charge in [-0.3, -0.25) is 4.98 Å². The zero-order valence-corrected chi connectivity index (χ0v) is 14.0. The van der Waals surface area contributed by atoms with E-state index in [1.807, 2.05) is 31.2 Å². The molecule has 0 aliphatic heterocycles. The van der Waals surface area contributed by atoms with Crippen LogP contribution in [0.5, 0.6) is 0 Å². The fourth-order valence-corrected chi connectivity index (χ4v) is 2.56. The summed E-state index contributed by atoms with van der Waals surface area (Å²) in [5.41, 5.74) is 3.25. The highest BCUT2D eigenvalue weighted by Gasteiger charge is 2.13. The molecular weight excluding hydrogens is 318 g/mol. The molecule has 0 bridgehead atoms. The predicted molar refractivity (Wildman–Crippen MR) is 93.4 cm³/mol. The normalized spacial score (nSPS) is 10.5. The summed E-state index contributed by atoms with van der Waals surface area (Å²) >= 11 is 0. The molecule has 25 heavy (non-hydrogen) atoms. The minimum atomic E-state index is -0.404. The quantitative estimate of drug-likeness (QED) is 0.680. The second kappa shape index (κ2) is 7.13. The number of pyridine rings is 1. The van der Waals surface area contributed by atoms with Gasteiger partial charge < -0.3 is 9.47 Å². The fraction of sp³-hybridized carbons (Fsp3) is 0.150. The van der Waals surface area contributed by atoms with Crippen LogP contribution in [-0.4, -0.2) is 24.0 Å². The summed E-state index contributed by atoms with van der Waals surface area (Å²) in [5, 5.41) is 0.763. The van der Waals surface area contributed by atoms with Crippen LogP contribution in [0.2, 0.25) is 0 Å². The van der Waals surface area contributed by atoms with Gasteiger partial charge in [0.15, 0.2) is 0 Å². The van der Waals surface area contributed by atoms with Gasteiger partial charge in [-0.25, -0.2) is 9.59 Å². The number of para-hydroxylation sites is 1. The maximum atomic E-state index is 12.5. The average molecular weight is 335 g/mol. The van der Waals surface area contributed by atoms with Crippen molar-refractivity contribution in [3.8, 4) is 0 Å². The number of carbonyl (C=O) groups excluding carboxylic acids is 2. The Hall–Kier alpha value is -3.21. The number of hydrogen-bond acceptors (Lipinski definition) is 5. The Morgan fingerprint density at radius 1 is 1.00 bits per heavy atom. The van der Waals surface area contributed by atoms with Gasteiger partial charge in [0, 0.05) is 11.1 Å². The summed E-state index contributed by atoms with van der Waals surface area (Å²) in [5.74, 6) is -0.805. The first-order valence-corrected chi connectivity index (χ1v) is 7.79. The molecule has 0 radical (unpaired) electrons. The van der Waals surface area contributed by atoms with Gasteiger partial charge in [-0.1, -0.05) is 30.3 Å². The number of fused-ring (bicyclic) bond motifs is 1. The van der Waals surface area contributed by atoms with Crippen LogP contribution in [-0.2, 0) is 16.1 Å². The van der Waals surface area contributed by atoms with Crippen molar-refractivity contribution in [1.82, 2.24) is 4.98 Å². The minimum Gasteiger partial charge on any atom is -0.465 e. The molecular formula is C20H17NO4. The molecule has 126 valence electrons. The summed E-state index contributed by atoms with van der Waals surface area (Å²) in [6.45, 7) is 1.96. The lowest BCUT2D eigenvalue weighted by Crippen LogP contribution is -2.07. The van der Waals surface area contributed by atoms with Crippen molar-refractivity contribution in [2.24, 2.45) is 0 Å². The van der Waals surface area contributed by atoms with Crippen LogP contribution in [0.3, 0.4) is 0 Å². The first-order valence-electron chi connectivity index (χ1n) is 7.79. The number of ether oxygens (including phenoxy) is 2. The molecule has 3 aromatic rings. The number of nitrogens with zero attached hydrogens (tertiary/aromatic N) is 1. The van der Waals surface area contributed by atoms with E-state index in [9.17, 15) is 9.59 Å². The van der Waals surface area contributed by atoms with E-state index in [-0.39, 0.29) is 6.61 Å². The van der Waals surface area contributed by atoms with Crippen molar-refractivity contribution in [3.63, 3.8) is 0 Å². The summed E-state index contributed by atoms with van der Waals surface area (Å²) in [4.78, 5) is 28.3. The summed E-state index contributed by atoms with van der Waals surface area (Å²) in [7, 11) is 1.33. The lowest BCUT2D eigenvalue weighted by atomic mass is 10.1. The number of carbonyl (C=O) groups is 2. The maximum Gasteiger partial charge on any atom is 0.339 e. The van der Waals surface area contributed by atoms with E-state index in [4.69, 9.17) is 4.74 Å². The van der Waals surface area contributed by atoms with Crippen LogP contribution in [0.15, 0.2) is 54.6 Å². The summed E-state index contributed by atoms with van der Waals surface area (Å²) in [6, 6.07) is 15.9. The van der Waals surface area contributed by atoms with Crippen LogP contribution < -0.4 is 0 Å². The third-order valence-corrected chi connectivity index (χ3v) is 3.81. The molecule has 0 fully saturated rings. The number of methoxy groups -OCH3 is 1. The van der Waals surface area contributed by atoms with Crippen molar-refractivity contribution in [1.29, 1.82) is 0 Å². The average Bonchev–Trinajstić information content (AvgIpc) is 2.65. The Labute approximate surface area is 145 Å². The Kier molecular flexibility index (Phi) is 4.75.